The zero-order chi connectivity index (χ0) is 20.6. The van der Waals surface area contributed by atoms with E-state index in [0.717, 1.165) is 19.3 Å². The van der Waals surface area contributed by atoms with Crippen LogP contribution in [0.15, 0.2) is 51.8 Å². The van der Waals surface area contributed by atoms with Crippen molar-refractivity contribution in [3.8, 4) is 0 Å². The molecule has 1 amide bonds. The summed E-state index contributed by atoms with van der Waals surface area (Å²) in [6.45, 7) is 2.68. The number of anilines is 1. The molecule has 29 heavy (non-hydrogen) atoms. The Morgan fingerprint density at radius 1 is 1.10 bits per heavy atom. The number of aryl methyl sites for hydroxylation is 1. The zero-order valence-corrected chi connectivity index (χ0v) is 16.8. The van der Waals surface area contributed by atoms with Crippen LogP contribution in [0.2, 0.25) is 0 Å². The van der Waals surface area contributed by atoms with Crippen molar-refractivity contribution in [3.63, 3.8) is 0 Å². The topological polar surface area (TPSA) is 79.6 Å². The van der Waals surface area contributed by atoms with Crippen LogP contribution in [0.5, 0.6) is 0 Å². The Bertz CT molecular complexity index is 1180. The lowest BCUT2D eigenvalue weighted by Crippen LogP contribution is -2.35. The van der Waals surface area contributed by atoms with E-state index in [1.54, 1.807) is 31.2 Å². The van der Waals surface area contributed by atoms with Crippen LogP contribution in [-0.4, -0.2) is 31.7 Å². The van der Waals surface area contributed by atoms with Crippen molar-refractivity contribution in [1.29, 1.82) is 0 Å². The normalized spacial score (nSPS) is 15.5. The number of halogens is 1. The summed E-state index contributed by atoms with van der Waals surface area (Å²) in [4.78, 5) is 12.8. The van der Waals surface area contributed by atoms with Crippen LogP contribution in [0.3, 0.4) is 0 Å². The molecule has 1 saturated heterocycles. The number of nitrogens with zero attached hydrogens (tertiary/aromatic N) is 1. The maximum absolute atomic E-state index is 13.9. The van der Waals surface area contributed by atoms with E-state index < -0.39 is 21.7 Å². The number of nitrogens with one attached hydrogen (secondary N) is 1. The third-order valence-corrected chi connectivity index (χ3v) is 7.06. The fraction of sp³-hybridized carbons (Fsp3) is 0.286. The first kappa shape index (κ1) is 19.6. The summed E-state index contributed by atoms with van der Waals surface area (Å²) in [5.41, 5.74) is 0.874. The highest BCUT2D eigenvalue weighted by Crippen LogP contribution is 2.28. The van der Waals surface area contributed by atoms with Crippen LogP contribution in [-0.2, 0) is 10.0 Å². The number of hydrogen-bond donors (Lipinski definition) is 1. The molecule has 1 fully saturated rings. The van der Waals surface area contributed by atoms with Gasteiger partial charge >= 0.3 is 0 Å². The van der Waals surface area contributed by atoms with Crippen molar-refractivity contribution < 1.29 is 22.0 Å². The van der Waals surface area contributed by atoms with Gasteiger partial charge < -0.3 is 9.73 Å². The van der Waals surface area contributed by atoms with Crippen LogP contribution in [0.25, 0.3) is 11.0 Å². The molecule has 0 spiro atoms. The van der Waals surface area contributed by atoms with Gasteiger partial charge in [0.1, 0.15) is 0 Å². The molecule has 2 heterocycles. The molecule has 0 aliphatic carbocycles. The van der Waals surface area contributed by atoms with Gasteiger partial charge in [-0.15, -0.1) is 0 Å². The standard InChI is InChI=1S/C21H21FN2O4S/c1-14-17-9-6-10-18(22)20(17)28-19(14)21(25)23-15-7-5-8-16(13-15)29(26,27)24-11-3-2-4-12-24/h5-10,13H,2-4,11-12H2,1H3,(H,23,25). The molecule has 8 heteroatoms. The number of sulfonamides is 1. The first-order chi connectivity index (χ1) is 13.9. The van der Waals surface area contributed by atoms with Gasteiger partial charge in [-0.1, -0.05) is 24.6 Å². The highest BCUT2D eigenvalue weighted by molar-refractivity contribution is 7.89. The summed E-state index contributed by atoms with van der Waals surface area (Å²) in [6.07, 6.45) is 2.72. The van der Waals surface area contributed by atoms with Gasteiger partial charge in [-0.25, -0.2) is 12.8 Å². The number of benzene rings is 2. The van der Waals surface area contributed by atoms with Gasteiger partial charge in [-0.3, -0.25) is 4.79 Å². The van der Waals surface area contributed by atoms with Gasteiger partial charge in [0.05, 0.1) is 4.90 Å². The fourth-order valence-electron chi connectivity index (χ4n) is 3.60. The third kappa shape index (κ3) is 3.65. The Labute approximate surface area is 168 Å². The number of furan rings is 1. The SMILES string of the molecule is Cc1c(C(=O)Nc2cccc(S(=O)(=O)N3CCCCC3)c2)oc2c(F)cccc12. The number of hydrogen-bond acceptors (Lipinski definition) is 4. The van der Waals surface area contributed by atoms with E-state index in [9.17, 15) is 17.6 Å². The summed E-state index contributed by atoms with van der Waals surface area (Å²) in [5, 5.41) is 3.18. The molecule has 1 N–H and O–H groups in total. The highest BCUT2D eigenvalue weighted by atomic mass is 32.2. The largest absolute Gasteiger partial charge is 0.448 e. The molecule has 6 nitrogen and oxygen atoms in total. The van der Waals surface area contributed by atoms with Gasteiger partial charge in [0.2, 0.25) is 10.0 Å². The predicted octanol–water partition coefficient (Wildman–Crippen LogP) is 4.31. The summed E-state index contributed by atoms with van der Waals surface area (Å²) >= 11 is 0. The van der Waals surface area contributed by atoms with Crippen molar-refractivity contribution in [1.82, 2.24) is 4.31 Å². The lowest BCUT2D eigenvalue weighted by atomic mass is 10.1. The summed E-state index contributed by atoms with van der Waals surface area (Å²) in [6, 6.07) is 10.6. The van der Waals surface area contributed by atoms with Gasteiger partial charge in [0.25, 0.3) is 5.91 Å². The molecule has 0 saturated carbocycles. The molecule has 4 rings (SSSR count). The third-order valence-electron chi connectivity index (χ3n) is 5.17. The quantitative estimate of drug-likeness (QED) is 0.687. The van der Waals surface area contributed by atoms with Gasteiger partial charge in [0.15, 0.2) is 17.2 Å². The second-order valence-corrected chi connectivity index (χ2v) is 9.06. The number of fused-ring (bicyclic) bond motifs is 1. The Morgan fingerprint density at radius 2 is 1.83 bits per heavy atom. The van der Waals surface area contributed by atoms with E-state index in [-0.39, 0.29) is 16.2 Å². The number of rotatable bonds is 4. The van der Waals surface area contributed by atoms with Crippen molar-refractivity contribution in [2.45, 2.75) is 31.1 Å². The predicted molar refractivity (Wildman–Crippen MR) is 108 cm³/mol. The Kier molecular flexibility index (Phi) is 5.14. The van der Waals surface area contributed by atoms with Crippen LogP contribution in [0.4, 0.5) is 10.1 Å². The van der Waals surface area contributed by atoms with E-state index in [4.69, 9.17) is 4.42 Å². The van der Waals surface area contributed by atoms with E-state index in [2.05, 4.69) is 5.32 Å². The maximum Gasteiger partial charge on any atom is 0.291 e. The molecule has 1 aromatic heterocycles. The lowest BCUT2D eigenvalue weighted by Gasteiger charge is -2.26. The summed E-state index contributed by atoms with van der Waals surface area (Å²) < 4.78 is 46.6. The number of piperidine rings is 1. The fourth-order valence-corrected chi connectivity index (χ4v) is 5.17. The Morgan fingerprint density at radius 3 is 2.55 bits per heavy atom. The second kappa shape index (κ2) is 7.61. The van der Waals surface area contributed by atoms with Crippen LogP contribution >= 0.6 is 0 Å². The molecule has 1 aliphatic heterocycles. The summed E-state index contributed by atoms with van der Waals surface area (Å²) in [5.74, 6) is -1.11. The van der Waals surface area contributed by atoms with Crippen molar-refractivity contribution in [2.75, 3.05) is 18.4 Å². The van der Waals surface area contributed by atoms with Gasteiger partial charge in [0, 0.05) is 29.7 Å². The second-order valence-electron chi connectivity index (χ2n) is 7.12. The average molecular weight is 416 g/mol. The number of carbonyl (C=O) groups excluding carboxylic acids is 1. The van der Waals surface area contributed by atoms with Crippen molar-refractivity contribution in [2.24, 2.45) is 0 Å². The molecule has 1 aliphatic rings. The lowest BCUT2D eigenvalue weighted by molar-refractivity contribution is 0.0997. The highest BCUT2D eigenvalue weighted by Gasteiger charge is 2.26. The molecule has 0 atom stereocenters. The average Bonchev–Trinajstić information content (AvgIpc) is 3.07. The minimum Gasteiger partial charge on any atom is -0.448 e. The molecule has 2 aromatic carbocycles. The van der Waals surface area contributed by atoms with E-state index >= 15 is 0 Å². The number of amides is 1. The van der Waals surface area contributed by atoms with E-state index in [0.29, 0.717) is 29.7 Å². The number of para-hydroxylation sites is 1. The van der Waals surface area contributed by atoms with E-state index in [1.807, 2.05) is 0 Å². The molecular formula is C21H21FN2O4S. The molecule has 0 unspecified atom stereocenters. The molecule has 0 bridgehead atoms. The smallest absolute Gasteiger partial charge is 0.291 e. The van der Waals surface area contributed by atoms with Gasteiger partial charge in [-0.05, 0) is 44.0 Å². The molecular weight excluding hydrogens is 395 g/mol. The first-order valence-electron chi connectivity index (χ1n) is 9.47. The van der Waals surface area contributed by atoms with Crippen LogP contribution in [0, 0.1) is 12.7 Å². The summed E-state index contributed by atoms with van der Waals surface area (Å²) in [7, 11) is -3.61. The van der Waals surface area contributed by atoms with Crippen molar-refractivity contribution >= 4 is 32.6 Å². The van der Waals surface area contributed by atoms with Gasteiger partial charge in [-0.2, -0.15) is 4.31 Å². The Hall–Kier alpha value is -2.71. The number of carbonyl (C=O) groups is 1. The zero-order valence-electron chi connectivity index (χ0n) is 15.9. The molecule has 0 radical (unpaired) electrons. The van der Waals surface area contributed by atoms with Crippen molar-refractivity contribution in [3.05, 3.63) is 59.6 Å². The molecule has 152 valence electrons. The Balaban J connectivity index is 1.61. The monoisotopic (exact) mass is 416 g/mol. The first-order valence-corrected chi connectivity index (χ1v) is 10.9. The van der Waals surface area contributed by atoms with Crippen LogP contribution in [0.1, 0.15) is 35.4 Å². The minimum atomic E-state index is -3.61. The maximum atomic E-state index is 13.9. The van der Waals surface area contributed by atoms with Crippen LogP contribution < -0.4 is 5.32 Å². The van der Waals surface area contributed by atoms with E-state index in [1.165, 1.54) is 22.5 Å². The minimum absolute atomic E-state index is 0.00519. The molecule has 3 aromatic rings.